The standard InChI is InChI=1S/C7H7ClN4O/c1-13-5-2-4(8)3-12-6(5)10-7(9)11-12/h2-3H,1H3,(H2,9,11). The second-order valence-electron chi connectivity index (χ2n) is 2.46. The van der Waals surface area contributed by atoms with E-state index in [2.05, 4.69) is 10.1 Å². The number of ether oxygens (including phenoxy) is 1. The Morgan fingerprint density at radius 3 is 3.08 bits per heavy atom. The number of pyridine rings is 1. The van der Waals surface area contributed by atoms with E-state index in [4.69, 9.17) is 22.1 Å². The van der Waals surface area contributed by atoms with E-state index in [1.165, 1.54) is 11.6 Å². The van der Waals surface area contributed by atoms with Gasteiger partial charge in [-0.15, -0.1) is 5.10 Å². The Morgan fingerprint density at radius 1 is 1.62 bits per heavy atom. The molecule has 0 saturated heterocycles. The van der Waals surface area contributed by atoms with Crippen LogP contribution in [0.1, 0.15) is 0 Å². The molecule has 6 heteroatoms. The molecule has 0 aliphatic carbocycles. The lowest BCUT2D eigenvalue weighted by Crippen LogP contribution is -1.92. The van der Waals surface area contributed by atoms with Gasteiger partial charge in [-0.1, -0.05) is 11.6 Å². The molecule has 0 atom stereocenters. The van der Waals surface area contributed by atoms with Gasteiger partial charge < -0.3 is 10.5 Å². The van der Waals surface area contributed by atoms with E-state index in [1.54, 1.807) is 12.3 Å². The number of methoxy groups -OCH3 is 1. The Morgan fingerprint density at radius 2 is 2.38 bits per heavy atom. The minimum atomic E-state index is 0.195. The molecule has 0 aromatic carbocycles. The molecule has 2 N–H and O–H groups in total. The molecular weight excluding hydrogens is 192 g/mol. The predicted molar refractivity (Wildman–Crippen MR) is 49.0 cm³/mol. The molecular formula is C7H7ClN4O. The van der Waals surface area contributed by atoms with Gasteiger partial charge in [0.2, 0.25) is 5.95 Å². The second kappa shape index (κ2) is 2.77. The maximum Gasteiger partial charge on any atom is 0.240 e. The van der Waals surface area contributed by atoms with Gasteiger partial charge >= 0.3 is 0 Å². The summed E-state index contributed by atoms with van der Waals surface area (Å²) in [5, 5.41) is 4.42. The van der Waals surface area contributed by atoms with Crippen molar-refractivity contribution >= 4 is 23.2 Å². The average molecular weight is 199 g/mol. The van der Waals surface area contributed by atoms with Crippen LogP contribution in [0, 0.1) is 0 Å². The average Bonchev–Trinajstić information content (AvgIpc) is 2.43. The van der Waals surface area contributed by atoms with Crippen LogP contribution >= 0.6 is 11.6 Å². The van der Waals surface area contributed by atoms with Crippen molar-refractivity contribution in [2.45, 2.75) is 0 Å². The molecule has 2 aromatic heterocycles. The fraction of sp³-hybridized carbons (Fsp3) is 0.143. The van der Waals surface area contributed by atoms with Crippen LogP contribution in [0.25, 0.3) is 5.65 Å². The number of aromatic nitrogens is 3. The van der Waals surface area contributed by atoms with Gasteiger partial charge in [-0.3, -0.25) is 0 Å². The SMILES string of the molecule is COc1cc(Cl)cn2nc(N)nc12. The molecule has 5 nitrogen and oxygen atoms in total. The lowest BCUT2D eigenvalue weighted by molar-refractivity contribution is 0.416. The molecule has 0 aliphatic rings. The van der Waals surface area contributed by atoms with Crippen LogP contribution in [0.5, 0.6) is 5.75 Å². The molecule has 68 valence electrons. The monoisotopic (exact) mass is 198 g/mol. The lowest BCUT2D eigenvalue weighted by atomic mass is 10.4. The Labute approximate surface area is 79.1 Å². The van der Waals surface area contributed by atoms with Crippen LogP contribution in [0.15, 0.2) is 12.3 Å². The summed E-state index contributed by atoms with van der Waals surface area (Å²) in [6.07, 6.45) is 1.61. The highest BCUT2D eigenvalue weighted by atomic mass is 35.5. The van der Waals surface area contributed by atoms with E-state index in [-0.39, 0.29) is 5.95 Å². The number of nitrogens with two attached hydrogens (primary N) is 1. The largest absolute Gasteiger partial charge is 0.493 e. The minimum Gasteiger partial charge on any atom is -0.493 e. The molecule has 0 spiro atoms. The van der Waals surface area contributed by atoms with Gasteiger partial charge in [0.1, 0.15) is 0 Å². The van der Waals surface area contributed by atoms with E-state index in [0.717, 1.165) is 0 Å². The molecule has 0 amide bonds. The number of halogens is 1. The number of hydrogen-bond donors (Lipinski definition) is 1. The van der Waals surface area contributed by atoms with Gasteiger partial charge in [0.05, 0.1) is 12.1 Å². The van der Waals surface area contributed by atoms with Crippen molar-refractivity contribution in [2.75, 3.05) is 12.8 Å². The zero-order valence-electron chi connectivity index (χ0n) is 6.86. The third-order valence-corrected chi connectivity index (χ3v) is 1.81. The third-order valence-electron chi connectivity index (χ3n) is 1.60. The summed E-state index contributed by atoms with van der Waals surface area (Å²) in [4.78, 5) is 3.97. The Balaban J connectivity index is 2.80. The number of fused-ring (bicyclic) bond motifs is 1. The molecule has 0 radical (unpaired) electrons. The molecule has 13 heavy (non-hydrogen) atoms. The van der Waals surface area contributed by atoms with E-state index >= 15 is 0 Å². The van der Waals surface area contributed by atoms with Gasteiger partial charge in [-0.05, 0) is 0 Å². The van der Waals surface area contributed by atoms with Crippen LogP contribution in [0.2, 0.25) is 5.02 Å². The van der Waals surface area contributed by atoms with Crippen LogP contribution in [-0.4, -0.2) is 21.7 Å². The smallest absolute Gasteiger partial charge is 0.240 e. The van der Waals surface area contributed by atoms with Crippen LogP contribution in [-0.2, 0) is 0 Å². The molecule has 2 rings (SSSR count). The summed E-state index contributed by atoms with van der Waals surface area (Å²) in [7, 11) is 1.54. The number of nitrogen functional groups attached to an aromatic ring is 1. The highest BCUT2D eigenvalue weighted by Crippen LogP contribution is 2.22. The predicted octanol–water partition coefficient (Wildman–Crippen LogP) is 0.973. The Bertz CT molecular complexity index is 453. The van der Waals surface area contributed by atoms with Gasteiger partial charge in [-0.25, -0.2) is 4.52 Å². The highest BCUT2D eigenvalue weighted by Gasteiger charge is 2.07. The fourth-order valence-electron chi connectivity index (χ4n) is 1.09. The van der Waals surface area contributed by atoms with E-state index < -0.39 is 0 Å². The normalized spacial score (nSPS) is 10.6. The van der Waals surface area contributed by atoms with Crippen molar-refractivity contribution < 1.29 is 4.74 Å². The zero-order chi connectivity index (χ0) is 9.42. The Hall–Kier alpha value is -1.49. The second-order valence-corrected chi connectivity index (χ2v) is 2.90. The summed E-state index contributed by atoms with van der Waals surface area (Å²) in [5.41, 5.74) is 5.98. The van der Waals surface area contributed by atoms with E-state index in [9.17, 15) is 0 Å². The number of hydrogen-bond acceptors (Lipinski definition) is 4. The lowest BCUT2D eigenvalue weighted by Gasteiger charge is -2.00. The molecule has 0 bridgehead atoms. The zero-order valence-corrected chi connectivity index (χ0v) is 7.62. The molecule has 0 saturated carbocycles. The Kier molecular flexibility index (Phi) is 1.73. The number of rotatable bonds is 1. The maximum absolute atomic E-state index is 5.80. The number of anilines is 1. The molecule has 2 heterocycles. The van der Waals surface area contributed by atoms with E-state index in [0.29, 0.717) is 16.4 Å². The van der Waals surface area contributed by atoms with Crippen molar-refractivity contribution in [1.29, 1.82) is 0 Å². The summed E-state index contributed by atoms with van der Waals surface area (Å²) >= 11 is 5.80. The highest BCUT2D eigenvalue weighted by molar-refractivity contribution is 6.30. The topological polar surface area (TPSA) is 65.4 Å². The van der Waals surface area contributed by atoms with Crippen molar-refractivity contribution in [3.05, 3.63) is 17.3 Å². The summed E-state index contributed by atoms with van der Waals surface area (Å²) < 4.78 is 6.54. The summed E-state index contributed by atoms with van der Waals surface area (Å²) in [5.74, 6) is 0.747. The molecule has 2 aromatic rings. The first-order valence-corrected chi connectivity index (χ1v) is 3.94. The van der Waals surface area contributed by atoms with Crippen molar-refractivity contribution in [1.82, 2.24) is 14.6 Å². The van der Waals surface area contributed by atoms with Gasteiger partial charge in [0.15, 0.2) is 11.4 Å². The fourth-order valence-corrected chi connectivity index (χ4v) is 1.28. The molecule has 0 unspecified atom stereocenters. The summed E-state index contributed by atoms with van der Waals surface area (Å²) in [6.45, 7) is 0. The minimum absolute atomic E-state index is 0.195. The first kappa shape index (κ1) is 8.12. The molecule has 0 fully saturated rings. The maximum atomic E-state index is 5.80. The third kappa shape index (κ3) is 1.27. The number of nitrogens with zero attached hydrogens (tertiary/aromatic N) is 3. The van der Waals surface area contributed by atoms with Crippen LogP contribution in [0.4, 0.5) is 5.95 Å². The quantitative estimate of drug-likeness (QED) is 0.742. The van der Waals surface area contributed by atoms with Gasteiger partial charge in [-0.2, -0.15) is 4.98 Å². The first-order valence-electron chi connectivity index (χ1n) is 3.56. The van der Waals surface area contributed by atoms with Crippen molar-refractivity contribution in [3.8, 4) is 5.75 Å². The van der Waals surface area contributed by atoms with Crippen LogP contribution < -0.4 is 10.5 Å². The van der Waals surface area contributed by atoms with Crippen LogP contribution in [0.3, 0.4) is 0 Å². The van der Waals surface area contributed by atoms with Crippen molar-refractivity contribution in [3.63, 3.8) is 0 Å². The molecule has 0 aliphatic heterocycles. The van der Waals surface area contributed by atoms with Crippen molar-refractivity contribution in [2.24, 2.45) is 0 Å². The summed E-state index contributed by atoms with van der Waals surface area (Å²) in [6, 6.07) is 1.66. The van der Waals surface area contributed by atoms with Gasteiger partial charge in [0.25, 0.3) is 0 Å². The first-order chi connectivity index (χ1) is 6.20. The van der Waals surface area contributed by atoms with Gasteiger partial charge in [0, 0.05) is 12.3 Å². The van der Waals surface area contributed by atoms with E-state index in [1.807, 2.05) is 0 Å².